The van der Waals surface area contributed by atoms with Gasteiger partial charge >= 0.3 is 0 Å². The zero-order valence-corrected chi connectivity index (χ0v) is 13.4. The van der Waals surface area contributed by atoms with Gasteiger partial charge in [0.25, 0.3) is 0 Å². The summed E-state index contributed by atoms with van der Waals surface area (Å²) < 4.78 is 10.2. The summed E-state index contributed by atoms with van der Waals surface area (Å²) in [6, 6.07) is 10.1. The zero-order valence-electron chi connectivity index (χ0n) is 13.4. The lowest BCUT2D eigenvalue weighted by Gasteiger charge is -2.31. The molecular formula is C16H18N6O2. The lowest BCUT2D eigenvalue weighted by Crippen LogP contribution is -2.38. The molecule has 0 unspecified atom stereocenters. The van der Waals surface area contributed by atoms with Gasteiger partial charge in [0, 0.05) is 25.3 Å². The molecule has 8 heteroatoms. The summed E-state index contributed by atoms with van der Waals surface area (Å²) in [5, 5.41) is 7.68. The molecule has 1 fully saturated rings. The van der Waals surface area contributed by atoms with Gasteiger partial charge in [0.15, 0.2) is 11.6 Å². The fourth-order valence-electron chi connectivity index (χ4n) is 2.85. The van der Waals surface area contributed by atoms with E-state index in [2.05, 4.69) is 49.1 Å². The van der Waals surface area contributed by atoms with Crippen LogP contribution in [-0.2, 0) is 4.74 Å². The van der Waals surface area contributed by atoms with Crippen LogP contribution in [0, 0.1) is 0 Å². The first-order valence-corrected chi connectivity index (χ1v) is 8.02. The van der Waals surface area contributed by atoms with E-state index in [-0.39, 0.29) is 0 Å². The Kier molecular flexibility index (Phi) is 3.96. The normalized spacial score (nSPS) is 15.0. The van der Waals surface area contributed by atoms with Gasteiger partial charge in [-0.05, 0) is 29.4 Å². The second-order valence-electron chi connectivity index (χ2n) is 5.46. The Hall–Kier alpha value is -2.74. The van der Waals surface area contributed by atoms with Crippen LogP contribution in [0.2, 0.25) is 0 Å². The molecule has 0 aliphatic carbocycles. The first-order valence-electron chi connectivity index (χ1n) is 8.02. The molecular weight excluding hydrogens is 308 g/mol. The Bertz CT molecular complexity index is 816. The minimum Gasteiger partial charge on any atom is -0.378 e. The summed E-state index contributed by atoms with van der Waals surface area (Å²) in [5.74, 6) is 1.54. The summed E-state index contributed by atoms with van der Waals surface area (Å²) in [4.78, 5) is 13.6. The molecule has 0 radical (unpaired) electrons. The number of para-hydroxylation sites is 1. The van der Waals surface area contributed by atoms with E-state index in [4.69, 9.17) is 9.37 Å². The number of morpholine rings is 1. The van der Waals surface area contributed by atoms with Gasteiger partial charge in [0.1, 0.15) is 0 Å². The lowest BCUT2D eigenvalue weighted by atomic mass is 10.2. The Labute approximate surface area is 139 Å². The fraction of sp³-hybridized carbons (Fsp3) is 0.375. The van der Waals surface area contributed by atoms with Crippen molar-refractivity contribution >= 4 is 28.6 Å². The largest absolute Gasteiger partial charge is 0.378 e. The molecule has 0 bridgehead atoms. The van der Waals surface area contributed by atoms with Crippen molar-refractivity contribution in [3.8, 4) is 0 Å². The number of rotatable bonds is 4. The van der Waals surface area contributed by atoms with Gasteiger partial charge in [-0.3, -0.25) is 0 Å². The highest BCUT2D eigenvalue weighted by molar-refractivity contribution is 5.78. The smallest absolute Gasteiger partial charge is 0.245 e. The van der Waals surface area contributed by atoms with E-state index < -0.39 is 0 Å². The number of nitrogens with zero attached hydrogens (tertiary/aromatic N) is 6. The topological polar surface area (TPSA) is 80.4 Å². The number of benzene rings is 1. The van der Waals surface area contributed by atoms with Crippen molar-refractivity contribution in [3.05, 3.63) is 30.3 Å². The third-order valence-corrected chi connectivity index (χ3v) is 4.03. The molecule has 124 valence electrons. The third-order valence-electron chi connectivity index (χ3n) is 4.03. The van der Waals surface area contributed by atoms with E-state index in [0.717, 1.165) is 37.0 Å². The third kappa shape index (κ3) is 2.65. The fourth-order valence-corrected chi connectivity index (χ4v) is 2.85. The van der Waals surface area contributed by atoms with Crippen LogP contribution in [0.25, 0.3) is 11.3 Å². The molecule has 8 nitrogen and oxygen atoms in total. The number of hydrogen-bond acceptors (Lipinski definition) is 8. The van der Waals surface area contributed by atoms with Crippen molar-refractivity contribution in [2.45, 2.75) is 6.92 Å². The van der Waals surface area contributed by atoms with Gasteiger partial charge in [-0.2, -0.15) is 0 Å². The molecule has 0 saturated carbocycles. The Morgan fingerprint density at radius 2 is 1.75 bits per heavy atom. The lowest BCUT2D eigenvalue weighted by molar-refractivity contribution is 0.122. The number of aromatic nitrogens is 4. The predicted molar refractivity (Wildman–Crippen MR) is 89.5 cm³/mol. The Balaban J connectivity index is 1.84. The van der Waals surface area contributed by atoms with Crippen LogP contribution in [0.4, 0.5) is 17.3 Å². The van der Waals surface area contributed by atoms with Gasteiger partial charge in [0.05, 0.1) is 13.2 Å². The molecule has 1 aliphatic rings. The predicted octanol–water partition coefficient (Wildman–Crippen LogP) is 2.01. The van der Waals surface area contributed by atoms with E-state index in [1.54, 1.807) is 0 Å². The average molecular weight is 326 g/mol. The summed E-state index contributed by atoms with van der Waals surface area (Å²) in [5.41, 5.74) is 1.89. The SMILES string of the molecule is CCN(c1ccccc1)c1nc2nonc2nc1N1CCOCC1. The van der Waals surface area contributed by atoms with Crippen LogP contribution in [0.3, 0.4) is 0 Å². The molecule has 2 aromatic heterocycles. The van der Waals surface area contributed by atoms with Crippen molar-refractivity contribution in [2.24, 2.45) is 0 Å². The molecule has 3 aromatic rings. The highest BCUT2D eigenvalue weighted by Gasteiger charge is 2.24. The molecule has 0 N–H and O–H groups in total. The summed E-state index contributed by atoms with van der Waals surface area (Å²) in [6.07, 6.45) is 0. The van der Waals surface area contributed by atoms with Crippen LogP contribution < -0.4 is 9.80 Å². The maximum absolute atomic E-state index is 5.46. The molecule has 0 atom stereocenters. The Morgan fingerprint density at radius 1 is 1.04 bits per heavy atom. The van der Waals surface area contributed by atoms with E-state index in [9.17, 15) is 0 Å². The van der Waals surface area contributed by atoms with Gasteiger partial charge < -0.3 is 14.5 Å². The van der Waals surface area contributed by atoms with Crippen LogP contribution in [0.5, 0.6) is 0 Å². The van der Waals surface area contributed by atoms with E-state index in [1.807, 2.05) is 18.2 Å². The van der Waals surface area contributed by atoms with Crippen LogP contribution in [-0.4, -0.2) is 53.1 Å². The minimum atomic E-state index is 0.413. The minimum absolute atomic E-state index is 0.413. The highest BCUT2D eigenvalue weighted by Crippen LogP contribution is 2.32. The van der Waals surface area contributed by atoms with Crippen molar-refractivity contribution in [2.75, 3.05) is 42.6 Å². The number of fused-ring (bicyclic) bond motifs is 1. The maximum atomic E-state index is 5.46. The van der Waals surface area contributed by atoms with Crippen LogP contribution in [0.1, 0.15) is 6.92 Å². The molecule has 3 heterocycles. The first-order chi connectivity index (χ1) is 11.9. The molecule has 1 saturated heterocycles. The second kappa shape index (κ2) is 6.40. The monoisotopic (exact) mass is 326 g/mol. The van der Waals surface area contributed by atoms with Crippen LogP contribution in [0.15, 0.2) is 35.0 Å². The molecule has 0 amide bonds. The van der Waals surface area contributed by atoms with Crippen molar-refractivity contribution in [1.82, 2.24) is 20.3 Å². The van der Waals surface area contributed by atoms with Crippen molar-refractivity contribution < 1.29 is 9.37 Å². The average Bonchev–Trinajstić information content (AvgIpc) is 3.11. The zero-order chi connectivity index (χ0) is 16.4. The highest BCUT2D eigenvalue weighted by atomic mass is 16.6. The van der Waals surface area contributed by atoms with Gasteiger partial charge in [-0.25, -0.2) is 14.6 Å². The summed E-state index contributed by atoms with van der Waals surface area (Å²) >= 11 is 0. The van der Waals surface area contributed by atoms with Crippen LogP contribution >= 0.6 is 0 Å². The molecule has 1 aliphatic heterocycles. The first kappa shape index (κ1) is 14.8. The van der Waals surface area contributed by atoms with E-state index in [1.165, 1.54) is 0 Å². The molecule has 4 rings (SSSR count). The van der Waals surface area contributed by atoms with Gasteiger partial charge in [-0.1, -0.05) is 18.2 Å². The maximum Gasteiger partial charge on any atom is 0.245 e. The molecule has 1 aromatic carbocycles. The summed E-state index contributed by atoms with van der Waals surface area (Å²) in [7, 11) is 0. The quantitative estimate of drug-likeness (QED) is 0.720. The van der Waals surface area contributed by atoms with Crippen molar-refractivity contribution in [3.63, 3.8) is 0 Å². The van der Waals surface area contributed by atoms with Gasteiger partial charge in [-0.15, -0.1) is 0 Å². The standard InChI is InChI=1S/C16H18N6O2/c1-2-22(12-6-4-3-5-7-12)16-15(21-8-10-23-11-9-21)17-13-14(18-16)20-24-19-13/h3-7H,2,8-11H2,1H3. The number of anilines is 3. The second-order valence-corrected chi connectivity index (χ2v) is 5.46. The number of ether oxygens (including phenoxy) is 1. The summed E-state index contributed by atoms with van der Waals surface area (Å²) in [6.45, 7) is 5.73. The Morgan fingerprint density at radius 3 is 2.46 bits per heavy atom. The van der Waals surface area contributed by atoms with E-state index in [0.29, 0.717) is 24.5 Å². The van der Waals surface area contributed by atoms with Gasteiger partial charge in [0.2, 0.25) is 11.3 Å². The van der Waals surface area contributed by atoms with E-state index >= 15 is 0 Å². The molecule has 0 spiro atoms. The molecule has 24 heavy (non-hydrogen) atoms. The van der Waals surface area contributed by atoms with Crippen molar-refractivity contribution in [1.29, 1.82) is 0 Å². The number of hydrogen-bond donors (Lipinski definition) is 0.